The van der Waals surface area contributed by atoms with E-state index in [0.29, 0.717) is 4.47 Å². The number of nitrogens with one attached hydrogen (secondary N) is 1. The highest BCUT2D eigenvalue weighted by Crippen LogP contribution is 2.24. The average Bonchev–Trinajstić information content (AvgIpc) is 2.42. The van der Waals surface area contributed by atoms with Crippen LogP contribution in [-0.4, -0.2) is 15.8 Å². The van der Waals surface area contributed by atoms with Gasteiger partial charge in [0.05, 0.1) is 10.6 Å². The van der Waals surface area contributed by atoms with Crippen LogP contribution in [0.3, 0.4) is 0 Å². The summed E-state index contributed by atoms with van der Waals surface area (Å²) in [5.41, 5.74) is -0.544. The molecule has 9 heteroatoms. The number of nitro benzene ring substituents is 1. The number of carbonyl (C=O) groups excluding carboxylic acids is 1. The maximum atomic E-state index is 13.5. The zero-order valence-corrected chi connectivity index (χ0v) is 12.5. The summed E-state index contributed by atoms with van der Waals surface area (Å²) in [6.45, 7) is 0. The lowest BCUT2D eigenvalue weighted by atomic mass is 10.2. The molecule has 1 heterocycles. The number of carbonyl (C=O) groups is 1. The predicted molar refractivity (Wildman–Crippen MR) is 78.0 cm³/mol. The Kier molecular flexibility index (Phi) is 4.49. The molecule has 0 atom stereocenters. The number of hydrogen-bond acceptors (Lipinski definition) is 4. The van der Waals surface area contributed by atoms with Gasteiger partial charge in [0.2, 0.25) is 5.82 Å². The van der Waals surface area contributed by atoms with E-state index in [9.17, 15) is 19.3 Å². The van der Waals surface area contributed by atoms with E-state index in [1.54, 1.807) is 0 Å². The number of nitro groups is 1. The smallest absolute Gasteiger partial charge is 0.304 e. The van der Waals surface area contributed by atoms with Crippen LogP contribution in [-0.2, 0) is 0 Å². The number of amides is 1. The van der Waals surface area contributed by atoms with Gasteiger partial charge in [-0.15, -0.1) is 0 Å². The molecular formula is C12H6BrClFN3O3. The van der Waals surface area contributed by atoms with Crippen LogP contribution in [0.2, 0.25) is 5.15 Å². The topological polar surface area (TPSA) is 85.1 Å². The highest BCUT2D eigenvalue weighted by atomic mass is 79.9. The molecule has 2 rings (SSSR count). The Hall–Kier alpha value is -2.06. The molecule has 0 aliphatic carbocycles. The molecule has 21 heavy (non-hydrogen) atoms. The fourth-order valence-electron chi connectivity index (χ4n) is 1.50. The molecule has 0 fully saturated rings. The molecule has 0 aliphatic rings. The standard InChI is InChI=1S/C12H6BrClFN3O3/c13-7-4-9(11(14)16-5-7)17-12(19)6-1-2-10(18(20)21)8(15)3-6/h1-5H,(H,17,19). The maximum Gasteiger partial charge on any atom is 0.304 e. The van der Waals surface area contributed by atoms with E-state index in [4.69, 9.17) is 11.6 Å². The molecule has 0 aliphatic heterocycles. The van der Waals surface area contributed by atoms with Gasteiger partial charge in [-0.3, -0.25) is 14.9 Å². The second-order valence-corrected chi connectivity index (χ2v) is 5.14. The molecule has 2 aromatic rings. The summed E-state index contributed by atoms with van der Waals surface area (Å²) in [4.78, 5) is 25.4. The fraction of sp³-hybridized carbons (Fsp3) is 0. The molecule has 108 valence electrons. The summed E-state index contributed by atoms with van der Waals surface area (Å²) in [5.74, 6) is -1.75. The lowest BCUT2D eigenvalue weighted by molar-refractivity contribution is -0.387. The molecular weight excluding hydrogens is 369 g/mol. The first-order chi connectivity index (χ1) is 9.88. The highest BCUT2D eigenvalue weighted by molar-refractivity contribution is 9.10. The van der Waals surface area contributed by atoms with E-state index >= 15 is 0 Å². The summed E-state index contributed by atoms with van der Waals surface area (Å²) >= 11 is 8.99. The summed E-state index contributed by atoms with van der Waals surface area (Å²) in [5, 5.41) is 13.0. The Balaban J connectivity index is 2.26. The number of hydrogen-bond donors (Lipinski definition) is 1. The van der Waals surface area contributed by atoms with Crippen molar-refractivity contribution >= 4 is 44.8 Å². The molecule has 0 radical (unpaired) electrons. The number of nitrogens with zero attached hydrogens (tertiary/aromatic N) is 2. The van der Waals surface area contributed by atoms with Crippen molar-refractivity contribution in [2.75, 3.05) is 5.32 Å². The molecule has 1 amide bonds. The van der Waals surface area contributed by atoms with Crippen LogP contribution in [0.5, 0.6) is 0 Å². The molecule has 0 saturated carbocycles. The van der Waals surface area contributed by atoms with Crippen LogP contribution in [0.1, 0.15) is 10.4 Å². The Morgan fingerprint density at radius 1 is 1.43 bits per heavy atom. The van der Waals surface area contributed by atoms with Crippen molar-refractivity contribution in [3.05, 3.63) is 61.6 Å². The number of halogens is 3. The molecule has 6 nitrogen and oxygen atoms in total. The van der Waals surface area contributed by atoms with Crippen molar-refractivity contribution in [1.29, 1.82) is 0 Å². The Morgan fingerprint density at radius 2 is 2.14 bits per heavy atom. The molecule has 1 N–H and O–H groups in total. The number of rotatable bonds is 3. The van der Waals surface area contributed by atoms with Gasteiger partial charge in [-0.2, -0.15) is 4.39 Å². The van der Waals surface area contributed by atoms with Crippen LogP contribution >= 0.6 is 27.5 Å². The molecule has 1 aromatic heterocycles. The van der Waals surface area contributed by atoms with Crippen LogP contribution in [0, 0.1) is 15.9 Å². The Labute approximate surface area is 131 Å². The number of anilines is 1. The van der Waals surface area contributed by atoms with Crippen molar-refractivity contribution in [3.8, 4) is 0 Å². The number of benzene rings is 1. The van der Waals surface area contributed by atoms with E-state index < -0.39 is 22.3 Å². The van der Waals surface area contributed by atoms with E-state index in [1.807, 2.05) is 0 Å². The summed E-state index contributed by atoms with van der Waals surface area (Å²) < 4.78 is 14.1. The first kappa shape index (κ1) is 15.3. The molecule has 1 aromatic carbocycles. The van der Waals surface area contributed by atoms with Crippen LogP contribution in [0.15, 0.2) is 34.9 Å². The predicted octanol–water partition coefficient (Wildman–Crippen LogP) is 3.80. The third kappa shape index (κ3) is 3.53. The second-order valence-electron chi connectivity index (χ2n) is 3.87. The first-order valence-electron chi connectivity index (χ1n) is 5.45. The minimum Gasteiger partial charge on any atom is -0.319 e. The summed E-state index contributed by atoms with van der Waals surface area (Å²) in [6, 6.07) is 4.38. The third-order valence-electron chi connectivity index (χ3n) is 2.46. The zero-order valence-electron chi connectivity index (χ0n) is 10.1. The van der Waals surface area contributed by atoms with Crippen molar-refractivity contribution in [2.45, 2.75) is 0 Å². The van der Waals surface area contributed by atoms with E-state index in [0.717, 1.165) is 18.2 Å². The van der Waals surface area contributed by atoms with Gasteiger partial charge < -0.3 is 5.32 Å². The third-order valence-corrected chi connectivity index (χ3v) is 3.20. The van der Waals surface area contributed by atoms with Gasteiger partial charge in [0.1, 0.15) is 0 Å². The van der Waals surface area contributed by atoms with Gasteiger partial charge in [-0.25, -0.2) is 4.98 Å². The van der Waals surface area contributed by atoms with Crippen molar-refractivity contribution < 1.29 is 14.1 Å². The van der Waals surface area contributed by atoms with Gasteiger partial charge in [-0.1, -0.05) is 11.6 Å². The maximum absolute atomic E-state index is 13.5. The minimum atomic E-state index is -1.09. The SMILES string of the molecule is O=C(Nc1cc(Br)cnc1Cl)c1ccc([N+](=O)[O-])c(F)c1. The van der Waals surface area contributed by atoms with Crippen LogP contribution in [0.4, 0.5) is 15.8 Å². The number of pyridine rings is 1. The van der Waals surface area contributed by atoms with Crippen molar-refractivity contribution in [2.24, 2.45) is 0 Å². The first-order valence-corrected chi connectivity index (χ1v) is 6.62. The monoisotopic (exact) mass is 373 g/mol. The molecule has 0 saturated heterocycles. The van der Waals surface area contributed by atoms with Crippen molar-refractivity contribution in [1.82, 2.24) is 4.98 Å². The molecule has 0 bridgehead atoms. The van der Waals surface area contributed by atoms with E-state index in [2.05, 4.69) is 26.2 Å². The zero-order chi connectivity index (χ0) is 15.6. The van der Waals surface area contributed by atoms with Gasteiger partial charge in [0, 0.05) is 22.3 Å². The average molecular weight is 375 g/mol. The largest absolute Gasteiger partial charge is 0.319 e. The molecule has 0 unspecified atom stereocenters. The van der Waals surface area contributed by atoms with E-state index in [1.165, 1.54) is 12.3 Å². The van der Waals surface area contributed by atoms with Crippen molar-refractivity contribution in [3.63, 3.8) is 0 Å². The Bertz CT molecular complexity index is 742. The number of aromatic nitrogens is 1. The van der Waals surface area contributed by atoms with Crippen LogP contribution < -0.4 is 5.32 Å². The second kappa shape index (κ2) is 6.15. The van der Waals surface area contributed by atoms with Gasteiger partial charge in [0.25, 0.3) is 5.91 Å². The lowest BCUT2D eigenvalue weighted by Gasteiger charge is -2.07. The van der Waals surface area contributed by atoms with Gasteiger partial charge >= 0.3 is 5.69 Å². The van der Waals surface area contributed by atoms with E-state index in [-0.39, 0.29) is 16.4 Å². The van der Waals surface area contributed by atoms with Gasteiger partial charge in [-0.05, 0) is 34.1 Å². The van der Waals surface area contributed by atoms with Gasteiger partial charge in [0.15, 0.2) is 5.15 Å². The summed E-state index contributed by atoms with van der Waals surface area (Å²) in [7, 11) is 0. The quantitative estimate of drug-likeness (QED) is 0.503. The highest BCUT2D eigenvalue weighted by Gasteiger charge is 2.17. The summed E-state index contributed by atoms with van der Waals surface area (Å²) in [6.07, 6.45) is 1.45. The van der Waals surface area contributed by atoms with Crippen LogP contribution in [0.25, 0.3) is 0 Å². The fourth-order valence-corrected chi connectivity index (χ4v) is 1.98. The minimum absolute atomic E-state index is 0.0638. The molecule has 0 spiro atoms. The normalized spacial score (nSPS) is 10.2. The lowest BCUT2D eigenvalue weighted by Crippen LogP contribution is -2.13. The Morgan fingerprint density at radius 3 is 2.76 bits per heavy atom.